The van der Waals surface area contributed by atoms with Gasteiger partial charge in [-0.25, -0.2) is 0 Å². The number of hydrogen-bond acceptors (Lipinski definition) is 1. The van der Waals surface area contributed by atoms with E-state index >= 15 is 0 Å². The summed E-state index contributed by atoms with van der Waals surface area (Å²) in [5.74, 6) is 3.05. The van der Waals surface area contributed by atoms with Crippen LogP contribution < -0.4 is 0 Å². The molecule has 0 aromatic rings. The van der Waals surface area contributed by atoms with Gasteiger partial charge in [-0.15, -0.1) is 0 Å². The van der Waals surface area contributed by atoms with Gasteiger partial charge in [-0.3, -0.25) is 4.79 Å². The Kier molecular flexibility index (Phi) is 3.87. The summed E-state index contributed by atoms with van der Waals surface area (Å²) < 4.78 is 0.378. The lowest BCUT2D eigenvalue weighted by Crippen LogP contribution is -2.54. The van der Waals surface area contributed by atoms with Crippen molar-refractivity contribution in [1.29, 1.82) is 0 Å². The molecule has 0 spiro atoms. The second-order valence-electron chi connectivity index (χ2n) is 9.07. The van der Waals surface area contributed by atoms with E-state index in [0.29, 0.717) is 15.6 Å². The van der Waals surface area contributed by atoms with Gasteiger partial charge in [0.15, 0.2) is 0 Å². The second-order valence-corrected chi connectivity index (χ2v) is 10.8. The predicted molar refractivity (Wildman–Crippen MR) is 93.0 cm³/mol. The zero-order valence-corrected chi connectivity index (χ0v) is 15.5. The van der Waals surface area contributed by atoms with Gasteiger partial charge in [-0.1, -0.05) is 22.9 Å². The Morgan fingerprint density at radius 1 is 1.18 bits per heavy atom. The standard InChI is InChI=1S/C19H30BrNO/c1-2-5-21(12-14-3-4-14)17(22)11-18-7-15-6-16(8-18)10-19(20,9-15)13-18/h14-16H,2-13H2,1H3. The van der Waals surface area contributed by atoms with Crippen molar-refractivity contribution in [3.8, 4) is 0 Å². The molecule has 0 aromatic carbocycles. The maximum Gasteiger partial charge on any atom is 0.223 e. The largest absolute Gasteiger partial charge is 0.342 e. The highest BCUT2D eigenvalue weighted by molar-refractivity contribution is 9.10. The number of alkyl halides is 1. The zero-order chi connectivity index (χ0) is 15.4. The molecule has 3 heteroatoms. The Hall–Kier alpha value is -0.0500. The van der Waals surface area contributed by atoms with Crippen LogP contribution in [0.1, 0.15) is 71.1 Å². The molecule has 1 amide bonds. The zero-order valence-electron chi connectivity index (χ0n) is 14.0. The van der Waals surface area contributed by atoms with Gasteiger partial charge in [0, 0.05) is 23.8 Å². The van der Waals surface area contributed by atoms with Crippen LogP contribution in [0.15, 0.2) is 0 Å². The molecule has 5 aliphatic carbocycles. The Labute approximate surface area is 143 Å². The van der Waals surface area contributed by atoms with Gasteiger partial charge in [0.25, 0.3) is 0 Å². The number of hydrogen-bond donors (Lipinski definition) is 0. The number of nitrogens with zero attached hydrogens (tertiary/aromatic N) is 1. The summed E-state index contributed by atoms with van der Waals surface area (Å²) >= 11 is 4.08. The molecule has 2 atom stereocenters. The molecule has 5 fully saturated rings. The number of halogens is 1. The summed E-state index contributed by atoms with van der Waals surface area (Å²) in [6.45, 7) is 4.21. The monoisotopic (exact) mass is 367 g/mol. The van der Waals surface area contributed by atoms with E-state index < -0.39 is 0 Å². The van der Waals surface area contributed by atoms with Crippen LogP contribution in [-0.2, 0) is 4.79 Å². The van der Waals surface area contributed by atoms with Gasteiger partial charge in [-0.2, -0.15) is 0 Å². The minimum Gasteiger partial charge on any atom is -0.342 e. The molecular formula is C19H30BrNO. The molecule has 5 aliphatic rings. The first-order chi connectivity index (χ1) is 10.5. The predicted octanol–water partition coefficient (Wildman–Crippen LogP) is 4.76. The number of rotatable bonds is 6. The van der Waals surface area contributed by atoms with E-state index in [9.17, 15) is 4.79 Å². The van der Waals surface area contributed by atoms with Gasteiger partial charge in [0.05, 0.1) is 0 Å². The SMILES string of the molecule is CCCN(CC1CC1)C(=O)CC12CC3CC(CC(Br)(C3)C1)C2. The maximum atomic E-state index is 13.0. The molecule has 0 saturated heterocycles. The Bertz CT molecular complexity index is 444. The second kappa shape index (κ2) is 5.50. The first-order valence-corrected chi connectivity index (χ1v) is 10.3. The van der Waals surface area contributed by atoms with Crippen molar-refractivity contribution >= 4 is 21.8 Å². The minimum absolute atomic E-state index is 0.334. The molecule has 2 nitrogen and oxygen atoms in total. The normalized spacial score (nSPS) is 42.6. The third kappa shape index (κ3) is 2.99. The average Bonchev–Trinajstić information content (AvgIpc) is 3.18. The van der Waals surface area contributed by atoms with Crippen LogP contribution in [0.5, 0.6) is 0 Å². The highest BCUT2D eigenvalue weighted by atomic mass is 79.9. The molecule has 0 N–H and O–H groups in total. The van der Waals surface area contributed by atoms with Crippen LogP contribution >= 0.6 is 15.9 Å². The van der Waals surface area contributed by atoms with E-state index in [-0.39, 0.29) is 0 Å². The topological polar surface area (TPSA) is 20.3 Å². The summed E-state index contributed by atoms with van der Waals surface area (Å²) in [6, 6.07) is 0. The maximum absolute atomic E-state index is 13.0. The van der Waals surface area contributed by atoms with Crippen LogP contribution in [0.4, 0.5) is 0 Å². The molecule has 0 radical (unpaired) electrons. The van der Waals surface area contributed by atoms with E-state index in [1.807, 2.05) is 0 Å². The Morgan fingerprint density at radius 3 is 2.41 bits per heavy atom. The average molecular weight is 368 g/mol. The highest BCUT2D eigenvalue weighted by Gasteiger charge is 2.57. The lowest BCUT2D eigenvalue weighted by molar-refractivity contribution is -0.138. The molecule has 0 heterocycles. The van der Waals surface area contributed by atoms with E-state index in [1.54, 1.807) is 0 Å². The van der Waals surface area contributed by atoms with Crippen LogP contribution in [0.3, 0.4) is 0 Å². The molecule has 0 aliphatic heterocycles. The first-order valence-electron chi connectivity index (χ1n) is 9.46. The molecule has 5 rings (SSSR count). The molecule has 2 unspecified atom stereocenters. The molecule has 22 heavy (non-hydrogen) atoms. The first kappa shape index (κ1) is 15.5. The molecule has 124 valence electrons. The van der Waals surface area contributed by atoms with Crippen LogP contribution in [0, 0.1) is 23.2 Å². The molecule has 0 aromatic heterocycles. The van der Waals surface area contributed by atoms with Crippen LogP contribution in [-0.4, -0.2) is 28.2 Å². The van der Waals surface area contributed by atoms with Crippen LogP contribution in [0.25, 0.3) is 0 Å². The Balaban J connectivity index is 1.46. The van der Waals surface area contributed by atoms with Crippen LogP contribution in [0.2, 0.25) is 0 Å². The van der Waals surface area contributed by atoms with Crippen molar-refractivity contribution in [1.82, 2.24) is 4.90 Å². The summed E-state index contributed by atoms with van der Waals surface area (Å²) in [5, 5.41) is 0. The van der Waals surface area contributed by atoms with Crippen molar-refractivity contribution in [3.05, 3.63) is 0 Å². The number of carbonyl (C=O) groups excluding carboxylic acids is 1. The summed E-state index contributed by atoms with van der Waals surface area (Å²) in [4.78, 5) is 15.2. The lowest BCUT2D eigenvalue weighted by Gasteiger charge is -2.60. The van der Waals surface area contributed by atoms with Gasteiger partial charge in [0.2, 0.25) is 5.91 Å². The fourth-order valence-electron chi connectivity index (χ4n) is 6.18. The van der Waals surface area contributed by atoms with E-state index in [0.717, 1.165) is 43.7 Å². The van der Waals surface area contributed by atoms with E-state index in [1.165, 1.54) is 51.4 Å². The number of amides is 1. The highest BCUT2D eigenvalue weighted by Crippen LogP contribution is 2.65. The molecule has 4 bridgehead atoms. The summed E-state index contributed by atoms with van der Waals surface area (Å²) in [5.41, 5.74) is 0.334. The minimum atomic E-state index is 0.334. The van der Waals surface area contributed by atoms with Crippen molar-refractivity contribution in [2.75, 3.05) is 13.1 Å². The van der Waals surface area contributed by atoms with Gasteiger partial charge >= 0.3 is 0 Å². The van der Waals surface area contributed by atoms with Gasteiger partial charge < -0.3 is 4.90 Å². The van der Waals surface area contributed by atoms with Gasteiger partial charge in [0.1, 0.15) is 0 Å². The van der Waals surface area contributed by atoms with Crippen molar-refractivity contribution < 1.29 is 4.79 Å². The number of carbonyl (C=O) groups is 1. The van der Waals surface area contributed by atoms with Crippen molar-refractivity contribution in [2.24, 2.45) is 23.2 Å². The van der Waals surface area contributed by atoms with E-state index in [4.69, 9.17) is 0 Å². The summed E-state index contributed by atoms with van der Waals surface area (Å²) in [7, 11) is 0. The third-order valence-corrected chi connectivity index (χ3v) is 7.59. The third-order valence-electron chi connectivity index (χ3n) is 6.66. The van der Waals surface area contributed by atoms with Crippen molar-refractivity contribution in [2.45, 2.75) is 75.5 Å². The molecule has 5 saturated carbocycles. The summed E-state index contributed by atoms with van der Waals surface area (Å²) in [6.07, 6.45) is 12.7. The fourth-order valence-corrected chi connectivity index (χ4v) is 7.69. The quantitative estimate of drug-likeness (QED) is 0.619. The molecular weight excluding hydrogens is 338 g/mol. The van der Waals surface area contributed by atoms with E-state index in [2.05, 4.69) is 27.8 Å². The Morgan fingerprint density at radius 2 is 1.86 bits per heavy atom. The van der Waals surface area contributed by atoms with Gasteiger partial charge in [-0.05, 0) is 81.0 Å². The van der Waals surface area contributed by atoms with Crippen molar-refractivity contribution in [3.63, 3.8) is 0 Å². The smallest absolute Gasteiger partial charge is 0.223 e. The fraction of sp³-hybridized carbons (Fsp3) is 0.947. The lowest BCUT2D eigenvalue weighted by atomic mass is 9.48.